The first-order valence-corrected chi connectivity index (χ1v) is 7.20. The predicted octanol–water partition coefficient (Wildman–Crippen LogP) is 4.12. The van der Waals surface area contributed by atoms with Crippen LogP contribution in [0, 0.1) is 13.8 Å². The second-order valence-electron chi connectivity index (χ2n) is 4.73. The molecule has 4 heteroatoms. The van der Waals surface area contributed by atoms with Crippen LogP contribution in [0.5, 0.6) is 0 Å². The second kappa shape index (κ2) is 6.57. The molecule has 1 amide bonds. The van der Waals surface area contributed by atoms with Crippen molar-refractivity contribution in [3.63, 3.8) is 0 Å². The van der Waals surface area contributed by atoms with Gasteiger partial charge < -0.3 is 10.6 Å². The van der Waals surface area contributed by atoms with E-state index < -0.39 is 0 Å². The molecule has 0 atom stereocenters. The van der Waals surface area contributed by atoms with Crippen LogP contribution in [-0.2, 0) is 4.79 Å². The standard InChI is InChI=1S/C16H17BrN2O/c1-11-3-5-13(6-4-11)18-10-16(20)19-14-7-8-15(17)12(2)9-14/h3-9,18H,10H2,1-2H3,(H,19,20). The Balaban J connectivity index is 1.89. The summed E-state index contributed by atoms with van der Waals surface area (Å²) in [5.74, 6) is -0.0627. The van der Waals surface area contributed by atoms with Gasteiger partial charge in [-0.05, 0) is 49.7 Å². The molecule has 3 nitrogen and oxygen atoms in total. The van der Waals surface area contributed by atoms with Crippen molar-refractivity contribution >= 4 is 33.2 Å². The van der Waals surface area contributed by atoms with Gasteiger partial charge in [0.25, 0.3) is 0 Å². The monoisotopic (exact) mass is 332 g/mol. The highest BCUT2D eigenvalue weighted by atomic mass is 79.9. The highest BCUT2D eigenvalue weighted by Gasteiger charge is 2.03. The van der Waals surface area contributed by atoms with Gasteiger partial charge in [0, 0.05) is 15.8 Å². The van der Waals surface area contributed by atoms with E-state index in [0.717, 1.165) is 21.4 Å². The molecule has 0 aliphatic heterocycles. The van der Waals surface area contributed by atoms with E-state index in [4.69, 9.17) is 0 Å². The van der Waals surface area contributed by atoms with Gasteiger partial charge in [-0.15, -0.1) is 0 Å². The van der Waals surface area contributed by atoms with Gasteiger partial charge in [-0.3, -0.25) is 4.79 Å². The Morgan fingerprint density at radius 1 is 1.05 bits per heavy atom. The summed E-state index contributed by atoms with van der Waals surface area (Å²) in [6.45, 7) is 4.27. The first-order valence-electron chi connectivity index (χ1n) is 6.41. The van der Waals surface area contributed by atoms with Gasteiger partial charge in [-0.2, -0.15) is 0 Å². The van der Waals surface area contributed by atoms with E-state index in [2.05, 4.69) is 26.6 Å². The van der Waals surface area contributed by atoms with E-state index in [1.54, 1.807) is 0 Å². The van der Waals surface area contributed by atoms with E-state index in [1.807, 2.05) is 56.3 Å². The number of hydrogen-bond acceptors (Lipinski definition) is 2. The molecule has 0 unspecified atom stereocenters. The van der Waals surface area contributed by atoms with Crippen molar-refractivity contribution in [1.29, 1.82) is 0 Å². The number of aryl methyl sites for hydroxylation is 2. The average molecular weight is 333 g/mol. The third-order valence-corrected chi connectivity index (χ3v) is 3.84. The molecule has 0 radical (unpaired) electrons. The topological polar surface area (TPSA) is 41.1 Å². The molecular formula is C16H17BrN2O. The highest BCUT2D eigenvalue weighted by molar-refractivity contribution is 9.10. The van der Waals surface area contributed by atoms with Crippen LogP contribution in [0.2, 0.25) is 0 Å². The van der Waals surface area contributed by atoms with Crippen molar-refractivity contribution in [2.45, 2.75) is 13.8 Å². The minimum absolute atomic E-state index is 0.0627. The Kier molecular flexibility index (Phi) is 4.79. The van der Waals surface area contributed by atoms with Crippen LogP contribution < -0.4 is 10.6 Å². The van der Waals surface area contributed by atoms with Gasteiger partial charge in [0.05, 0.1) is 6.54 Å². The molecule has 0 saturated heterocycles. The van der Waals surface area contributed by atoms with Crippen molar-refractivity contribution in [1.82, 2.24) is 0 Å². The highest BCUT2D eigenvalue weighted by Crippen LogP contribution is 2.19. The molecule has 0 spiro atoms. The summed E-state index contributed by atoms with van der Waals surface area (Å²) < 4.78 is 1.04. The van der Waals surface area contributed by atoms with E-state index >= 15 is 0 Å². The summed E-state index contributed by atoms with van der Waals surface area (Å²) in [4.78, 5) is 11.9. The number of hydrogen-bond donors (Lipinski definition) is 2. The molecule has 20 heavy (non-hydrogen) atoms. The Hall–Kier alpha value is -1.81. The molecule has 0 saturated carbocycles. The lowest BCUT2D eigenvalue weighted by Crippen LogP contribution is -2.21. The molecule has 0 aromatic heterocycles. The first-order chi connectivity index (χ1) is 9.54. The van der Waals surface area contributed by atoms with Crippen LogP contribution in [0.15, 0.2) is 46.9 Å². The number of nitrogens with one attached hydrogen (secondary N) is 2. The zero-order valence-corrected chi connectivity index (χ0v) is 13.1. The van der Waals surface area contributed by atoms with E-state index in [-0.39, 0.29) is 12.5 Å². The summed E-state index contributed by atoms with van der Waals surface area (Å²) >= 11 is 3.44. The maximum atomic E-state index is 11.9. The van der Waals surface area contributed by atoms with Crippen molar-refractivity contribution in [3.8, 4) is 0 Å². The summed E-state index contributed by atoms with van der Waals surface area (Å²) in [7, 11) is 0. The Morgan fingerprint density at radius 2 is 1.70 bits per heavy atom. The minimum Gasteiger partial charge on any atom is -0.376 e. The minimum atomic E-state index is -0.0627. The quantitative estimate of drug-likeness (QED) is 0.884. The third-order valence-electron chi connectivity index (χ3n) is 2.95. The van der Waals surface area contributed by atoms with Crippen molar-refractivity contribution < 1.29 is 4.79 Å². The molecule has 104 valence electrons. The smallest absolute Gasteiger partial charge is 0.243 e. The molecule has 2 aromatic carbocycles. The number of amides is 1. The van der Waals surface area contributed by atoms with Crippen molar-refractivity contribution in [2.24, 2.45) is 0 Å². The van der Waals surface area contributed by atoms with Crippen molar-refractivity contribution in [3.05, 3.63) is 58.1 Å². The number of rotatable bonds is 4. The first kappa shape index (κ1) is 14.6. The fourth-order valence-corrected chi connectivity index (χ4v) is 2.03. The zero-order chi connectivity index (χ0) is 14.5. The second-order valence-corrected chi connectivity index (χ2v) is 5.59. The van der Waals surface area contributed by atoms with Crippen LogP contribution in [0.3, 0.4) is 0 Å². The summed E-state index contributed by atoms with van der Waals surface area (Å²) in [6, 6.07) is 13.7. The normalized spacial score (nSPS) is 10.2. The van der Waals surface area contributed by atoms with Gasteiger partial charge in [-0.1, -0.05) is 33.6 Å². The zero-order valence-electron chi connectivity index (χ0n) is 11.5. The maximum Gasteiger partial charge on any atom is 0.243 e. The molecule has 2 N–H and O–H groups in total. The molecule has 0 fully saturated rings. The van der Waals surface area contributed by atoms with Gasteiger partial charge >= 0.3 is 0 Å². The fraction of sp³-hybridized carbons (Fsp3) is 0.188. The fourth-order valence-electron chi connectivity index (χ4n) is 1.78. The molecule has 0 aliphatic rings. The Labute approximate surface area is 127 Å². The molecule has 0 aliphatic carbocycles. The van der Waals surface area contributed by atoms with Crippen LogP contribution in [0.4, 0.5) is 11.4 Å². The van der Waals surface area contributed by atoms with Gasteiger partial charge in [0.15, 0.2) is 0 Å². The van der Waals surface area contributed by atoms with Crippen molar-refractivity contribution in [2.75, 3.05) is 17.2 Å². The lowest BCUT2D eigenvalue weighted by atomic mass is 10.2. The van der Waals surface area contributed by atoms with Crippen LogP contribution in [-0.4, -0.2) is 12.5 Å². The molecule has 2 rings (SSSR count). The van der Waals surface area contributed by atoms with Crippen LogP contribution in [0.1, 0.15) is 11.1 Å². The summed E-state index contributed by atoms with van der Waals surface area (Å²) in [6.07, 6.45) is 0. The third kappa shape index (κ3) is 4.10. The summed E-state index contributed by atoms with van der Waals surface area (Å²) in [5.41, 5.74) is 4.04. The lowest BCUT2D eigenvalue weighted by Gasteiger charge is -2.09. The molecular weight excluding hydrogens is 316 g/mol. The Morgan fingerprint density at radius 3 is 2.35 bits per heavy atom. The van der Waals surface area contributed by atoms with Gasteiger partial charge in [0.1, 0.15) is 0 Å². The molecule has 0 heterocycles. The van der Waals surface area contributed by atoms with Crippen LogP contribution in [0.25, 0.3) is 0 Å². The SMILES string of the molecule is Cc1ccc(NCC(=O)Nc2ccc(Br)c(C)c2)cc1. The number of carbonyl (C=O) groups excluding carboxylic acids is 1. The van der Waals surface area contributed by atoms with E-state index in [1.165, 1.54) is 5.56 Å². The molecule has 2 aromatic rings. The number of benzene rings is 2. The van der Waals surface area contributed by atoms with Gasteiger partial charge in [0.2, 0.25) is 5.91 Å². The number of carbonyl (C=O) groups is 1. The maximum absolute atomic E-state index is 11.9. The van der Waals surface area contributed by atoms with E-state index in [9.17, 15) is 4.79 Å². The van der Waals surface area contributed by atoms with Crippen LogP contribution >= 0.6 is 15.9 Å². The van der Waals surface area contributed by atoms with Gasteiger partial charge in [-0.25, -0.2) is 0 Å². The molecule has 0 bridgehead atoms. The number of anilines is 2. The number of halogens is 1. The average Bonchev–Trinajstić information content (AvgIpc) is 2.42. The van der Waals surface area contributed by atoms with E-state index in [0.29, 0.717) is 0 Å². The lowest BCUT2D eigenvalue weighted by molar-refractivity contribution is -0.114. The predicted molar refractivity (Wildman–Crippen MR) is 87.2 cm³/mol. The Bertz CT molecular complexity index is 608. The summed E-state index contributed by atoms with van der Waals surface area (Å²) in [5, 5.41) is 5.97. The largest absolute Gasteiger partial charge is 0.376 e.